The van der Waals surface area contributed by atoms with Crippen LogP contribution in [0, 0.1) is 5.92 Å². The maximum absolute atomic E-state index is 6.33. The van der Waals surface area contributed by atoms with E-state index in [4.69, 9.17) is 10.5 Å². The van der Waals surface area contributed by atoms with E-state index < -0.39 is 0 Å². The van der Waals surface area contributed by atoms with Gasteiger partial charge < -0.3 is 10.5 Å². The van der Waals surface area contributed by atoms with Crippen LogP contribution in [-0.4, -0.2) is 18.8 Å². The predicted octanol–water partition coefficient (Wildman–Crippen LogP) is 2.71. The molecule has 0 radical (unpaired) electrons. The monoisotopic (exact) mass is 199 g/mol. The minimum atomic E-state index is 0.0917. The Morgan fingerprint density at radius 3 is 2.71 bits per heavy atom. The summed E-state index contributed by atoms with van der Waals surface area (Å²) >= 11 is 0. The number of rotatable bonds is 6. The SMILES string of the molecule is CCCOCCC1(N)CCC(CC)C1. The second-order valence-corrected chi connectivity index (χ2v) is 4.74. The molecule has 2 atom stereocenters. The van der Waals surface area contributed by atoms with Crippen LogP contribution in [-0.2, 0) is 4.74 Å². The molecule has 2 unspecified atom stereocenters. The molecule has 0 aromatic heterocycles. The lowest BCUT2D eigenvalue weighted by molar-refractivity contribution is 0.114. The zero-order valence-electron chi connectivity index (χ0n) is 9.72. The lowest BCUT2D eigenvalue weighted by Gasteiger charge is -2.24. The molecule has 1 aliphatic rings. The van der Waals surface area contributed by atoms with E-state index in [1.165, 1.54) is 25.7 Å². The van der Waals surface area contributed by atoms with Crippen molar-refractivity contribution in [3.8, 4) is 0 Å². The Morgan fingerprint density at radius 2 is 2.14 bits per heavy atom. The van der Waals surface area contributed by atoms with Gasteiger partial charge in [0.1, 0.15) is 0 Å². The third kappa shape index (κ3) is 3.58. The quantitative estimate of drug-likeness (QED) is 0.668. The first-order valence-corrected chi connectivity index (χ1v) is 6.07. The summed E-state index contributed by atoms with van der Waals surface area (Å²) in [5.41, 5.74) is 6.42. The smallest absolute Gasteiger partial charge is 0.0483 e. The van der Waals surface area contributed by atoms with Crippen molar-refractivity contribution in [3.63, 3.8) is 0 Å². The highest BCUT2D eigenvalue weighted by molar-refractivity contribution is 4.92. The Labute approximate surface area is 88.2 Å². The predicted molar refractivity (Wildman–Crippen MR) is 60.3 cm³/mol. The van der Waals surface area contributed by atoms with Gasteiger partial charge in [-0.25, -0.2) is 0 Å². The van der Waals surface area contributed by atoms with Crippen LogP contribution in [0.4, 0.5) is 0 Å². The van der Waals surface area contributed by atoms with Crippen molar-refractivity contribution in [1.82, 2.24) is 0 Å². The molecule has 1 saturated carbocycles. The van der Waals surface area contributed by atoms with Gasteiger partial charge >= 0.3 is 0 Å². The first kappa shape index (κ1) is 12.0. The summed E-state index contributed by atoms with van der Waals surface area (Å²) in [6.45, 7) is 6.14. The summed E-state index contributed by atoms with van der Waals surface area (Å²) in [6.07, 6.45) is 7.16. The lowest BCUT2D eigenvalue weighted by atomic mass is 9.93. The fourth-order valence-electron chi connectivity index (χ4n) is 2.37. The second kappa shape index (κ2) is 5.72. The first-order valence-electron chi connectivity index (χ1n) is 6.07. The highest BCUT2D eigenvalue weighted by Gasteiger charge is 2.34. The Morgan fingerprint density at radius 1 is 1.36 bits per heavy atom. The summed E-state index contributed by atoms with van der Waals surface area (Å²) < 4.78 is 5.50. The van der Waals surface area contributed by atoms with Gasteiger partial charge in [0, 0.05) is 18.8 Å². The molecule has 14 heavy (non-hydrogen) atoms. The molecule has 2 nitrogen and oxygen atoms in total. The van der Waals surface area contributed by atoms with Crippen LogP contribution in [0.5, 0.6) is 0 Å². The van der Waals surface area contributed by atoms with Crippen molar-refractivity contribution in [2.45, 2.75) is 57.9 Å². The van der Waals surface area contributed by atoms with Gasteiger partial charge in [0.15, 0.2) is 0 Å². The molecule has 0 saturated heterocycles. The highest BCUT2D eigenvalue weighted by Crippen LogP contribution is 2.36. The normalized spacial score (nSPS) is 32.4. The molecule has 1 rings (SSSR count). The van der Waals surface area contributed by atoms with Crippen LogP contribution >= 0.6 is 0 Å². The number of nitrogens with two attached hydrogens (primary N) is 1. The summed E-state index contributed by atoms with van der Waals surface area (Å²) in [4.78, 5) is 0. The van der Waals surface area contributed by atoms with E-state index in [1.54, 1.807) is 0 Å². The van der Waals surface area contributed by atoms with Crippen LogP contribution in [0.2, 0.25) is 0 Å². The number of hydrogen-bond acceptors (Lipinski definition) is 2. The van der Waals surface area contributed by atoms with Gasteiger partial charge in [-0.05, 0) is 38.0 Å². The summed E-state index contributed by atoms with van der Waals surface area (Å²) in [5.74, 6) is 0.867. The summed E-state index contributed by atoms with van der Waals surface area (Å²) in [5, 5.41) is 0. The Hall–Kier alpha value is -0.0800. The van der Waals surface area contributed by atoms with Gasteiger partial charge in [-0.2, -0.15) is 0 Å². The lowest BCUT2D eigenvalue weighted by Crippen LogP contribution is -2.38. The maximum atomic E-state index is 6.33. The molecule has 0 aromatic carbocycles. The molecule has 0 amide bonds. The third-order valence-electron chi connectivity index (χ3n) is 3.42. The fraction of sp³-hybridized carbons (Fsp3) is 1.00. The average molecular weight is 199 g/mol. The number of ether oxygens (including phenoxy) is 1. The van der Waals surface area contributed by atoms with E-state index in [1.807, 2.05) is 0 Å². The minimum Gasteiger partial charge on any atom is -0.381 e. The van der Waals surface area contributed by atoms with E-state index in [0.29, 0.717) is 0 Å². The molecule has 84 valence electrons. The molecule has 2 N–H and O–H groups in total. The van der Waals surface area contributed by atoms with Crippen molar-refractivity contribution in [1.29, 1.82) is 0 Å². The topological polar surface area (TPSA) is 35.2 Å². The largest absolute Gasteiger partial charge is 0.381 e. The first-order chi connectivity index (χ1) is 6.70. The van der Waals surface area contributed by atoms with E-state index >= 15 is 0 Å². The Kier molecular flexibility index (Phi) is 4.90. The molecular weight excluding hydrogens is 174 g/mol. The second-order valence-electron chi connectivity index (χ2n) is 4.74. The Balaban J connectivity index is 2.16. The van der Waals surface area contributed by atoms with Gasteiger partial charge in [-0.1, -0.05) is 20.3 Å². The molecular formula is C12H25NO. The molecule has 1 aliphatic carbocycles. The van der Waals surface area contributed by atoms with Crippen LogP contribution in [0.3, 0.4) is 0 Å². The molecule has 0 aromatic rings. The molecule has 0 spiro atoms. The van der Waals surface area contributed by atoms with Crippen molar-refractivity contribution in [2.75, 3.05) is 13.2 Å². The van der Waals surface area contributed by atoms with Gasteiger partial charge in [0.2, 0.25) is 0 Å². The highest BCUT2D eigenvalue weighted by atomic mass is 16.5. The maximum Gasteiger partial charge on any atom is 0.0483 e. The van der Waals surface area contributed by atoms with Crippen LogP contribution in [0.15, 0.2) is 0 Å². The molecule has 0 bridgehead atoms. The van der Waals surface area contributed by atoms with Crippen molar-refractivity contribution in [2.24, 2.45) is 11.7 Å². The molecule has 0 heterocycles. The van der Waals surface area contributed by atoms with Gasteiger partial charge in [-0.15, -0.1) is 0 Å². The van der Waals surface area contributed by atoms with Gasteiger partial charge in [0.25, 0.3) is 0 Å². The van der Waals surface area contributed by atoms with Crippen molar-refractivity contribution < 1.29 is 4.74 Å². The van der Waals surface area contributed by atoms with Crippen molar-refractivity contribution >= 4 is 0 Å². The van der Waals surface area contributed by atoms with E-state index in [2.05, 4.69) is 13.8 Å². The van der Waals surface area contributed by atoms with Crippen molar-refractivity contribution in [3.05, 3.63) is 0 Å². The van der Waals surface area contributed by atoms with Gasteiger partial charge in [0.05, 0.1) is 0 Å². The van der Waals surface area contributed by atoms with E-state index in [9.17, 15) is 0 Å². The van der Waals surface area contributed by atoms with Gasteiger partial charge in [-0.3, -0.25) is 0 Å². The van der Waals surface area contributed by atoms with E-state index in [0.717, 1.165) is 32.0 Å². The standard InChI is InChI=1S/C12H25NO/c1-3-8-14-9-7-12(13)6-5-11(4-2)10-12/h11H,3-10,13H2,1-2H3. The third-order valence-corrected chi connectivity index (χ3v) is 3.42. The zero-order valence-corrected chi connectivity index (χ0v) is 9.72. The molecule has 0 aliphatic heterocycles. The Bertz CT molecular complexity index is 160. The summed E-state index contributed by atoms with van der Waals surface area (Å²) in [6, 6.07) is 0. The fourth-order valence-corrected chi connectivity index (χ4v) is 2.37. The molecule has 2 heteroatoms. The minimum absolute atomic E-state index is 0.0917. The average Bonchev–Trinajstić information content (AvgIpc) is 2.56. The van der Waals surface area contributed by atoms with Crippen LogP contribution < -0.4 is 5.73 Å². The van der Waals surface area contributed by atoms with Crippen LogP contribution in [0.25, 0.3) is 0 Å². The number of hydrogen-bond donors (Lipinski definition) is 1. The van der Waals surface area contributed by atoms with E-state index in [-0.39, 0.29) is 5.54 Å². The van der Waals surface area contributed by atoms with Crippen LogP contribution in [0.1, 0.15) is 52.4 Å². The molecule has 1 fully saturated rings. The summed E-state index contributed by atoms with van der Waals surface area (Å²) in [7, 11) is 0. The zero-order chi connectivity index (χ0) is 10.4.